The van der Waals surface area contributed by atoms with Crippen molar-refractivity contribution >= 4 is 5.57 Å². The van der Waals surface area contributed by atoms with Gasteiger partial charge in [0.05, 0.1) is 0 Å². The quantitative estimate of drug-likeness (QED) is 0.629. The highest BCUT2D eigenvalue weighted by molar-refractivity contribution is 5.66. The number of rotatable bonds is 6. The third kappa shape index (κ3) is 4.93. The molecule has 0 aromatic heterocycles. The molecule has 6 heteroatoms. The van der Waals surface area contributed by atoms with E-state index >= 15 is 0 Å². The van der Waals surface area contributed by atoms with Crippen LogP contribution in [0.5, 0.6) is 0 Å². The predicted octanol–water partition coefficient (Wildman–Crippen LogP) is 5.57. The zero-order chi connectivity index (χ0) is 21.2. The van der Waals surface area contributed by atoms with E-state index in [1.165, 1.54) is 18.2 Å². The van der Waals surface area contributed by atoms with Crippen molar-refractivity contribution in [2.24, 2.45) is 5.73 Å². The lowest BCUT2D eigenvalue weighted by Crippen LogP contribution is -2.50. The summed E-state index contributed by atoms with van der Waals surface area (Å²) in [4.78, 5) is 0. The van der Waals surface area contributed by atoms with Crippen LogP contribution in [0.3, 0.4) is 0 Å². The fourth-order valence-corrected chi connectivity index (χ4v) is 3.33. The summed E-state index contributed by atoms with van der Waals surface area (Å²) in [6, 6.07) is 14.2. The highest BCUT2D eigenvalue weighted by atomic mass is 19.4. The first kappa shape index (κ1) is 22.0. The van der Waals surface area contributed by atoms with Crippen LogP contribution in [0.2, 0.25) is 0 Å². The van der Waals surface area contributed by atoms with E-state index in [1.807, 2.05) is 0 Å². The Labute approximate surface area is 162 Å². The van der Waals surface area contributed by atoms with Gasteiger partial charge in [0.1, 0.15) is 5.82 Å². The standard InChI is InChI=1S/C22H25F4NO/c1-15(16-8-5-4-6-9-16)19(27)13-21(28,22(24,25)26)14-20(2,3)17-10-7-11-18(23)12-17/h4-12,28H,13-14,27H2,1-3H3/b19-15-. The fourth-order valence-electron chi connectivity index (χ4n) is 3.33. The molecule has 2 aromatic rings. The summed E-state index contributed by atoms with van der Waals surface area (Å²) in [7, 11) is 0. The average molecular weight is 395 g/mol. The maximum atomic E-state index is 13.9. The maximum Gasteiger partial charge on any atom is 0.417 e. The van der Waals surface area contributed by atoms with Gasteiger partial charge in [0.15, 0.2) is 5.60 Å². The summed E-state index contributed by atoms with van der Waals surface area (Å²) in [6.45, 7) is 4.71. The average Bonchev–Trinajstić information content (AvgIpc) is 2.60. The minimum Gasteiger partial charge on any atom is -0.402 e. The van der Waals surface area contributed by atoms with E-state index in [0.717, 1.165) is 0 Å². The van der Waals surface area contributed by atoms with Gasteiger partial charge < -0.3 is 10.8 Å². The van der Waals surface area contributed by atoms with Crippen LogP contribution in [0.1, 0.15) is 44.7 Å². The molecule has 2 aromatic carbocycles. The predicted molar refractivity (Wildman–Crippen MR) is 103 cm³/mol. The Kier molecular flexibility index (Phi) is 6.24. The Morgan fingerprint density at radius 2 is 1.61 bits per heavy atom. The molecule has 0 saturated carbocycles. The molecule has 152 valence electrons. The Morgan fingerprint density at radius 3 is 2.14 bits per heavy atom. The number of benzene rings is 2. The van der Waals surface area contributed by atoms with Gasteiger partial charge in [0.2, 0.25) is 0 Å². The monoisotopic (exact) mass is 395 g/mol. The van der Waals surface area contributed by atoms with Gasteiger partial charge in [-0.3, -0.25) is 0 Å². The molecule has 2 nitrogen and oxygen atoms in total. The van der Waals surface area contributed by atoms with Crippen molar-refractivity contribution in [3.63, 3.8) is 0 Å². The third-order valence-corrected chi connectivity index (χ3v) is 5.04. The van der Waals surface area contributed by atoms with E-state index in [0.29, 0.717) is 16.7 Å². The first-order valence-corrected chi connectivity index (χ1v) is 8.91. The van der Waals surface area contributed by atoms with Crippen molar-refractivity contribution in [2.75, 3.05) is 0 Å². The van der Waals surface area contributed by atoms with Crippen LogP contribution >= 0.6 is 0 Å². The smallest absolute Gasteiger partial charge is 0.402 e. The first-order valence-electron chi connectivity index (χ1n) is 8.91. The topological polar surface area (TPSA) is 46.2 Å². The molecule has 0 aliphatic heterocycles. The highest BCUT2D eigenvalue weighted by Crippen LogP contribution is 2.44. The zero-order valence-electron chi connectivity index (χ0n) is 16.1. The molecule has 0 bridgehead atoms. The van der Waals surface area contributed by atoms with Gasteiger partial charge in [0, 0.05) is 12.1 Å². The number of alkyl halides is 3. The highest BCUT2D eigenvalue weighted by Gasteiger charge is 2.56. The molecule has 0 aliphatic carbocycles. The van der Waals surface area contributed by atoms with Crippen LogP contribution in [0, 0.1) is 5.82 Å². The number of allylic oxidation sites excluding steroid dienone is 1. The van der Waals surface area contributed by atoms with Crippen LogP contribution in [0.4, 0.5) is 17.6 Å². The summed E-state index contributed by atoms with van der Waals surface area (Å²) in [6.07, 6.45) is -6.33. The number of hydrogen-bond donors (Lipinski definition) is 2. The van der Waals surface area contributed by atoms with Crippen molar-refractivity contribution in [2.45, 2.75) is 50.8 Å². The van der Waals surface area contributed by atoms with E-state index in [4.69, 9.17) is 5.73 Å². The van der Waals surface area contributed by atoms with Crippen LogP contribution < -0.4 is 5.73 Å². The van der Waals surface area contributed by atoms with Crippen molar-refractivity contribution in [3.8, 4) is 0 Å². The Morgan fingerprint density at radius 1 is 1.00 bits per heavy atom. The number of aliphatic hydroxyl groups is 1. The van der Waals surface area contributed by atoms with Crippen LogP contribution in [-0.4, -0.2) is 16.9 Å². The SMILES string of the molecule is C/C(=C(/N)CC(O)(CC(C)(C)c1cccc(F)c1)C(F)(F)F)c1ccccc1. The van der Waals surface area contributed by atoms with E-state index in [1.54, 1.807) is 57.2 Å². The summed E-state index contributed by atoms with van der Waals surface area (Å²) in [5, 5.41) is 10.6. The number of hydrogen-bond acceptors (Lipinski definition) is 2. The lowest BCUT2D eigenvalue weighted by molar-refractivity contribution is -0.266. The molecule has 1 unspecified atom stereocenters. The molecular formula is C22H25F4NO. The maximum absolute atomic E-state index is 13.9. The molecule has 0 saturated heterocycles. The molecule has 0 heterocycles. The van der Waals surface area contributed by atoms with Gasteiger partial charge in [-0.15, -0.1) is 0 Å². The van der Waals surface area contributed by atoms with Gasteiger partial charge >= 0.3 is 6.18 Å². The van der Waals surface area contributed by atoms with Gasteiger partial charge in [-0.25, -0.2) is 4.39 Å². The van der Waals surface area contributed by atoms with E-state index < -0.39 is 35.9 Å². The van der Waals surface area contributed by atoms with Gasteiger partial charge in [-0.05, 0) is 47.6 Å². The van der Waals surface area contributed by atoms with E-state index in [2.05, 4.69) is 0 Å². The normalized spacial score (nSPS) is 15.7. The van der Waals surface area contributed by atoms with Crippen molar-refractivity contribution in [1.82, 2.24) is 0 Å². The summed E-state index contributed by atoms with van der Waals surface area (Å²) < 4.78 is 55.1. The summed E-state index contributed by atoms with van der Waals surface area (Å²) in [5.74, 6) is -0.541. The molecule has 0 amide bonds. The fraction of sp³-hybridized carbons (Fsp3) is 0.364. The Hall–Kier alpha value is -2.34. The van der Waals surface area contributed by atoms with Crippen molar-refractivity contribution in [3.05, 3.63) is 77.2 Å². The van der Waals surface area contributed by atoms with E-state index in [9.17, 15) is 22.7 Å². The molecule has 28 heavy (non-hydrogen) atoms. The molecule has 3 N–H and O–H groups in total. The van der Waals surface area contributed by atoms with Gasteiger partial charge in [0.25, 0.3) is 0 Å². The summed E-state index contributed by atoms with van der Waals surface area (Å²) >= 11 is 0. The molecule has 0 fully saturated rings. The lowest BCUT2D eigenvalue weighted by Gasteiger charge is -2.38. The molecule has 1 atom stereocenters. The molecule has 2 rings (SSSR count). The Bertz CT molecular complexity index is 843. The number of nitrogens with two attached hydrogens (primary N) is 1. The molecule has 0 radical (unpaired) electrons. The zero-order valence-corrected chi connectivity index (χ0v) is 16.1. The van der Waals surface area contributed by atoms with Crippen molar-refractivity contribution < 1.29 is 22.7 Å². The van der Waals surface area contributed by atoms with E-state index in [-0.39, 0.29) is 5.70 Å². The molecular weight excluding hydrogens is 370 g/mol. The van der Waals surface area contributed by atoms with Crippen LogP contribution in [-0.2, 0) is 5.41 Å². The van der Waals surface area contributed by atoms with Crippen LogP contribution in [0.25, 0.3) is 5.57 Å². The van der Waals surface area contributed by atoms with Crippen LogP contribution in [0.15, 0.2) is 60.3 Å². The summed E-state index contributed by atoms with van der Waals surface area (Å²) in [5.41, 5.74) is 3.29. The minimum atomic E-state index is -4.90. The third-order valence-electron chi connectivity index (χ3n) is 5.04. The minimum absolute atomic E-state index is 0.0407. The van der Waals surface area contributed by atoms with Gasteiger partial charge in [-0.1, -0.05) is 56.3 Å². The lowest BCUT2D eigenvalue weighted by atomic mass is 9.73. The first-order chi connectivity index (χ1) is 12.9. The second-order valence-corrected chi connectivity index (χ2v) is 7.79. The molecule has 0 aliphatic rings. The molecule has 0 spiro atoms. The second-order valence-electron chi connectivity index (χ2n) is 7.79. The number of halogens is 4. The Balaban J connectivity index is 2.39. The second kappa shape index (κ2) is 7.95. The largest absolute Gasteiger partial charge is 0.417 e. The van der Waals surface area contributed by atoms with Gasteiger partial charge in [-0.2, -0.15) is 13.2 Å². The van der Waals surface area contributed by atoms with Crippen molar-refractivity contribution in [1.29, 1.82) is 0 Å².